The van der Waals surface area contributed by atoms with Gasteiger partial charge in [0, 0.05) is 18.6 Å². The van der Waals surface area contributed by atoms with Gasteiger partial charge in [0.15, 0.2) is 0 Å². The summed E-state index contributed by atoms with van der Waals surface area (Å²) in [5.41, 5.74) is 5.94. The first-order chi connectivity index (χ1) is 4.81. The predicted molar refractivity (Wildman–Crippen MR) is 41.7 cm³/mol. The Balaban J connectivity index is 2.06. The fraction of sp³-hybridized carbons (Fsp3) is 1.00. The highest BCUT2D eigenvalue weighted by Gasteiger charge is 2.41. The van der Waals surface area contributed by atoms with E-state index in [2.05, 4.69) is 11.8 Å². The molecule has 2 rings (SSSR count). The highest BCUT2D eigenvalue weighted by molar-refractivity contribution is 4.99. The maximum Gasteiger partial charge on any atom is 0.0250 e. The third-order valence-corrected chi connectivity index (χ3v) is 3.04. The van der Waals surface area contributed by atoms with Crippen LogP contribution in [0.2, 0.25) is 0 Å². The van der Waals surface area contributed by atoms with Crippen LogP contribution in [0.5, 0.6) is 0 Å². The van der Waals surface area contributed by atoms with E-state index in [1.54, 1.807) is 0 Å². The minimum absolute atomic E-state index is 0.485. The van der Waals surface area contributed by atoms with Crippen LogP contribution in [0, 0.1) is 5.92 Å². The van der Waals surface area contributed by atoms with Gasteiger partial charge in [-0.3, -0.25) is 4.90 Å². The normalized spacial score (nSPS) is 46.8. The van der Waals surface area contributed by atoms with E-state index in [-0.39, 0.29) is 0 Å². The molecule has 0 aromatic rings. The largest absolute Gasteiger partial charge is 0.326 e. The average Bonchev–Trinajstić information content (AvgIpc) is 2.44. The average molecular weight is 140 g/mol. The molecule has 3 atom stereocenters. The summed E-state index contributed by atoms with van der Waals surface area (Å²) in [4.78, 5) is 2.53. The van der Waals surface area contributed by atoms with Crippen molar-refractivity contribution in [1.82, 2.24) is 4.90 Å². The quantitative estimate of drug-likeness (QED) is 0.572. The van der Waals surface area contributed by atoms with Crippen LogP contribution in [0.4, 0.5) is 0 Å². The topological polar surface area (TPSA) is 29.3 Å². The molecule has 0 aromatic heterocycles. The number of hydrogen-bond donors (Lipinski definition) is 1. The van der Waals surface area contributed by atoms with Crippen LogP contribution in [0.1, 0.15) is 19.8 Å². The Morgan fingerprint density at radius 3 is 2.70 bits per heavy atom. The van der Waals surface area contributed by atoms with Crippen LogP contribution in [-0.4, -0.2) is 30.1 Å². The molecule has 1 aliphatic carbocycles. The summed E-state index contributed by atoms with van der Waals surface area (Å²) in [6, 6.07) is 1.22. The lowest BCUT2D eigenvalue weighted by Gasteiger charge is -2.29. The summed E-state index contributed by atoms with van der Waals surface area (Å²) in [5, 5.41) is 0. The Hall–Kier alpha value is -0.0800. The van der Waals surface area contributed by atoms with Gasteiger partial charge in [-0.15, -0.1) is 0 Å². The molecule has 2 fully saturated rings. The van der Waals surface area contributed by atoms with E-state index in [4.69, 9.17) is 5.73 Å². The minimum Gasteiger partial charge on any atom is -0.326 e. The van der Waals surface area contributed by atoms with Crippen molar-refractivity contribution in [2.24, 2.45) is 11.7 Å². The van der Waals surface area contributed by atoms with Crippen LogP contribution < -0.4 is 5.73 Å². The molecule has 2 N–H and O–H groups in total. The van der Waals surface area contributed by atoms with Gasteiger partial charge in [-0.2, -0.15) is 0 Å². The number of hydrogen-bond acceptors (Lipinski definition) is 2. The van der Waals surface area contributed by atoms with Crippen molar-refractivity contribution in [2.45, 2.75) is 31.8 Å². The maximum absolute atomic E-state index is 5.94. The Labute approximate surface area is 62.4 Å². The van der Waals surface area contributed by atoms with Crippen molar-refractivity contribution >= 4 is 0 Å². The monoisotopic (exact) mass is 140 g/mol. The summed E-state index contributed by atoms with van der Waals surface area (Å²) >= 11 is 0. The Kier molecular flexibility index (Phi) is 1.46. The molecule has 0 spiro atoms. The molecule has 0 aromatic carbocycles. The van der Waals surface area contributed by atoms with Gasteiger partial charge in [-0.1, -0.05) is 6.92 Å². The molecule has 2 bridgehead atoms. The standard InChI is InChI=1S/C8H16N2/c1-2-10-5-6-3-7(9)8(10)4-6/h6-8H,2-5,9H2,1H3. The van der Waals surface area contributed by atoms with Crippen LogP contribution in [0.3, 0.4) is 0 Å². The molecule has 1 saturated carbocycles. The lowest BCUT2D eigenvalue weighted by atomic mass is 10.1. The molecular formula is C8H16N2. The minimum atomic E-state index is 0.485. The van der Waals surface area contributed by atoms with Gasteiger partial charge in [0.25, 0.3) is 0 Å². The molecular weight excluding hydrogens is 124 g/mol. The number of nitrogens with two attached hydrogens (primary N) is 1. The van der Waals surface area contributed by atoms with E-state index in [9.17, 15) is 0 Å². The number of nitrogens with zero attached hydrogens (tertiary/aromatic N) is 1. The maximum atomic E-state index is 5.94. The van der Waals surface area contributed by atoms with Crippen LogP contribution >= 0.6 is 0 Å². The van der Waals surface area contributed by atoms with Crippen molar-refractivity contribution in [3.05, 3.63) is 0 Å². The summed E-state index contributed by atoms with van der Waals surface area (Å²) in [5.74, 6) is 0.931. The highest BCUT2D eigenvalue weighted by atomic mass is 15.2. The third kappa shape index (κ3) is 0.789. The first-order valence-corrected chi connectivity index (χ1v) is 4.31. The molecule has 2 aliphatic rings. The van der Waals surface area contributed by atoms with Crippen molar-refractivity contribution in [1.29, 1.82) is 0 Å². The molecule has 58 valence electrons. The molecule has 2 nitrogen and oxygen atoms in total. The van der Waals surface area contributed by atoms with E-state index in [1.165, 1.54) is 25.9 Å². The van der Waals surface area contributed by atoms with Gasteiger partial charge >= 0.3 is 0 Å². The summed E-state index contributed by atoms with van der Waals surface area (Å²) in [6.07, 6.45) is 2.65. The second-order valence-electron chi connectivity index (χ2n) is 3.66. The molecule has 0 radical (unpaired) electrons. The van der Waals surface area contributed by atoms with Crippen molar-refractivity contribution < 1.29 is 0 Å². The Morgan fingerprint density at radius 1 is 1.50 bits per heavy atom. The van der Waals surface area contributed by atoms with Gasteiger partial charge in [-0.25, -0.2) is 0 Å². The second-order valence-corrected chi connectivity index (χ2v) is 3.66. The SMILES string of the molecule is CCN1CC2CC(N)C1C2. The van der Waals surface area contributed by atoms with Crippen molar-refractivity contribution in [2.75, 3.05) is 13.1 Å². The smallest absolute Gasteiger partial charge is 0.0250 e. The summed E-state index contributed by atoms with van der Waals surface area (Å²) < 4.78 is 0. The number of rotatable bonds is 1. The van der Waals surface area contributed by atoms with E-state index >= 15 is 0 Å². The Morgan fingerprint density at radius 2 is 2.30 bits per heavy atom. The van der Waals surface area contributed by atoms with E-state index in [0.717, 1.165) is 12.0 Å². The number of likely N-dealkylation sites (N-methyl/N-ethyl adjacent to an activating group) is 1. The number of likely N-dealkylation sites (tertiary alicyclic amines) is 1. The zero-order valence-corrected chi connectivity index (χ0v) is 6.59. The molecule has 10 heavy (non-hydrogen) atoms. The highest BCUT2D eigenvalue weighted by Crippen LogP contribution is 2.36. The van der Waals surface area contributed by atoms with Gasteiger partial charge in [0.2, 0.25) is 0 Å². The zero-order valence-electron chi connectivity index (χ0n) is 6.59. The zero-order chi connectivity index (χ0) is 7.14. The van der Waals surface area contributed by atoms with E-state index in [1.807, 2.05) is 0 Å². The molecule has 1 saturated heterocycles. The van der Waals surface area contributed by atoms with Gasteiger partial charge in [0.1, 0.15) is 0 Å². The first kappa shape index (κ1) is 6.62. The van der Waals surface area contributed by atoms with Gasteiger partial charge in [0.05, 0.1) is 0 Å². The van der Waals surface area contributed by atoms with Gasteiger partial charge < -0.3 is 5.73 Å². The lowest BCUT2D eigenvalue weighted by Crippen LogP contribution is -2.45. The first-order valence-electron chi connectivity index (χ1n) is 4.31. The number of fused-ring (bicyclic) bond motifs is 2. The molecule has 2 heteroatoms. The van der Waals surface area contributed by atoms with Crippen molar-refractivity contribution in [3.8, 4) is 0 Å². The molecule has 1 heterocycles. The van der Waals surface area contributed by atoms with Crippen molar-refractivity contribution in [3.63, 3.8) is 0 Å². The van der Waals surface area contributed by atoms with E-state index in [0.29, 0.717) is 6.04 Å². The third-order valence-electron chi connectivity index (χ3n) is 3.04. The molecule has 3 unspecified atom stereocenters. The fourth-order valence-corrected chi connectivity index (χ4v) is 2.55. The summed E-state index contributed by atoms with van der Waals surface area (Å²) in [6.45, 7) is 4.73. The summed E-state index contributed by atoms with van der Waals surface area (Å²) in [7, 11) is 0. The fourth-order valence-electron chi connectivity index (χ4n) is 2.55. The lowest BCUT2D eigenvalue weighted by molar-refractivity contribution is 0.203. The molecule has 0 amide bonds. The van der Waals surface area contributed by atoms with Crippen LogP contribution in [0.25, 0.3) is 0 Å². The van der Waals surface area contributed by atoms with Crippen LogP contribution in [0.15, 0.2) is 0 Å². The van der Waals surface area contributed by atoms with Gasteiger partial charge in [-0.05, 0) is 25.3 Å². The number of piperidine rings is 1. The Bertz CT molecular complexity index is 133. The predicted octanol–water partition coefficient (Wildman–Crippen LogP) is 0.428. The van der Waals surface area contributed by atoms with E-state index < -0.39 is 0 Å². The molecule has 1 aliphatic heterocycles. The van der Waals surface area contributed by atoms with Crippen LogP contribution in [-0.2, 0) is 0 Å². The second kappa shape index (κ2) is 2.21.